The van der Waals surface area contributed by atoms with Crippen LogP contribution in [0.5, 0.6) is 0 Å². The topological polar surface area (TPSA) is 86.8 Å². The van der Waals surface area contributed by atoms with Gasteiger partial charge in [0.25, 0.3) is 0 Å². The lowest BCUT2D eigenvalue weighted by Gasteiger charge is -2.30. The SMILES string of the molecule is CCc1ccc(N(CCCC(=O)N(Cc2ccc(C)cc2)C(C)C(=O)NC(C)C)S(C)(=O)=O)cc1. The molecule has 0 aliphatic rings. The first-order valence-corrected chi connectivity index (χ1v) is 14.0. The molecule has 1 atom stereocenters. The zero-order chi connectivity index (χ0) is 26.2. The molecule has 0 aromatic heterocycles. The van der Waals surface area contributed by atoms with E-state index in [1.165, 1.54) is 10.6 Å². The fourth-order valence-corrected chi connectivity index (χ4v) is 4.75. The van der Waals surface area contributed by atoms with E-state index in [9.17, 15) is 18.0 Å². The molecule has 2 rings (SSSR count). The number of amides is 2. The lowest BCUT2D eigenvalue weighted by Crippen LogP contribution is -2.49. The van der Waals surface area contributed by atoms with Gasteiger partial charge in [-0.05, 0) is 63.8 Å². The zero-order valence-corrected chi connectivity index (χ0v) is 22.6. The van der Waals surface area contributed by atoms with Crippen molar-refractivity contribution in [3.05, 3.63) is 65.2 Å². The van der Waals surface area contributed by atoms with Crippen molar-refractivity contribution in [1.29, 1.82) is 0 Å². The Hall–Kier alpha value is -2.87. The molecule has 192 valence electrons. The Morgan fingerprint density at radius 2 is 1.51 bits per heavy atom. The van der Waals surface area contributed by atoms with Crippen molar-refractivity contribution in [2.45, 2.75) is 72.5 Å². The van der Waals surface area contributed by atoms with Gasteiger partial charge in [-0.2, -0.15) is 0 Å². The summed E-state index contributed by atoms with van der Waals surface area (Å²) in [5.74, 6) is -0.402. The first-order chi connectivity index (χ1) is 16.4. The normalized spacial score (nSPS) is 12.3. The molecule has 7 nitrogen and oxygen atoms in total. The van der Waals surface area contributed by atoms with E-state index in [4.69, 9.17) is 0 Å². The number of hydrogen-bond donors (Lipinski definition) is 1. The highest BCUT2D eigenvalue weighted by Gasteiger charge is 2.27. The van der Waals surface area contributed by atoms with Crippen LogP contribution in [0.4, 0.5) is 5.69 Å². The number of hydrogen-bond acceptors (Lipinski definition) is 4. The summed E-state index contributed by atoms with van der Waals surface area (Å²) in [7, 11) is -3.51. The van der Waals surface area contributed by atoms with Gasteiger partial charge in [0.1, 0.15) is 6.04 Å². The minimum Gasteiger partial charge on any atom is -0.352 e. The number of rotatable bonds is 12. The summed E-state index contributed by atoms with van der Waals surface area (Å²) in [5.41, 5.74) is 3.75. The second-order valence-corrected chi connectivity index (χ2v) is 11.2. The number of carbonyl (C=O) groups is 2. The third-order valence-corrected chi connectivity index (χ3v) is 7.05. The molecule has 0 spiro atoms. The molecule has 0 saturated carbocycles. The highest BCUT2D eigenvalue weighted by atomic mass is 32.2. The first kappa shape index (κ1) is 28.4. The number of benzene rings is 2. The van der Waals surface area contributed by atoms with Crippen LogP contribution < -0.4 is 9.62 Å². The van der Waals surface area contributed by atoms with Crippen molar-refractivity contribution in [2.24, 2.45) is 0 Å². The van der Waals surface area contributed by atoms with Crippen molar-refractivity contribution in [2.75, 3.05) is 17.1 Å². The molecule has 0 fully saturated rings. The van der Waals surface area contributed by atoms with Gasteiger partial charge >= 0.3 is 0 Å². The fraction of sp³-hybridized carbons (Fsp3) is 0.481. The van der Waals surface area contributed by atoms with Crippen LogP contribution >= 0.6 is 0 Å². The van der Waals surface area contributed by atoms with Gasteiger partial charge in [0.2, 0.25) is 21.8 Å². The monoisotopic (exact) mass is 501 g/mol. The zero-order valence-electron chi connectivity index (χ0n) is 21.7. The molecule has 1 unspecified atom stereocenters. The number of nitrogens with one attached hydrogen (secondary N) is 1. The third kappa shape index (κ3) is 8.69. The average Bonchev–Trinajstić information content (AvgIpc) is 2.79. The lowest BCUT2D eigenvalue weighted by molar-refractivity contribution is -0.140. The van der Waals surface area contributed by atoms with E-state index in [-0.39, 0.29) is 30.8 Å². The summed E-state index contributed by atoms with van der Waals surface area (Å²) in [6.45, 7) is 10.0. The molecule has 8 heteroatoms. The standard InChI is InChI=1S/C27H39N3O4S/c1-7-23-14-16-25(17-15-23)30(35(6,33)34)18-8-9-26(31)29(22(5)27(32)28-20(2)3)19-24-12-10-21(4)11-13-24/h10-17,20,22H,7-9,18-19H2,1-6H3,(H,28,32). The number of carbonyl (C=O) groups excluding carboxylic acids is 2. The van der Waals surface area contributed by atoms with Gasteiger partial charge in [-0.25, -0.2) is 8.42 Å². The van der Waals surface area contributed by atoms with E-state index in [0.717, 1.165) is 23.1 Å². The second-order valence-electron chi connectivity index (χ2n) is 9.31. The number of sulfonamides is 1. The summed E-state index contributed by atoms with van der Waals surface area (Å²) < 4.78 is 26.2. The molecule has 0 aliphatic carbocycles. The summed E-state index contributed by atoms with van der Waals surface area (Å²) in [6, 6.07) is 14.6. The Balaban J connectivity index is 2.15. The Morgan fingerprint density at radius 3 is 2.03 bits per heavy atom. The molecule has 35 heavy (non-hydrogen) atoms. The van der Waals surface area contributed by atoms with Crippen LogP contribution in [0, 0.1) is 6.92 Å². The Kier molecular flexibility index (Phi) is 10.3. The van der Waals surface area contributed by atoms with E-state index in [1.807, 2.05) is 64.1 Å². The van der Waals surface area contributed by atoms with Gasteiger partial charge in [-0.3, -0.25) is 13.9 Å². The number of aryl methyl sites for hydroxylation is 2. The number of anilines is 1. The fourth-order valence-electron chi connectivity index (χ4n) is 3.78. The Labute approximate surface area is 210 Å². The largest absolute Gasteiger partial charge is 0.352 e. The molecule has 1 N–H and O–H groups in total. The van der Waals surface area contributed by atoms with Gasteiger partial charge in [-0.15, -0.1) is 0 Å². The van der Waals surface area contributed by atoms with Gasteiger partial charge < -0.3 is 10.2 Å². The van der Waals surface area contributed by atoms with Crippen molar-refractivity contribution in [1.82, 2.24) is 10.2 Å². The Morgan fingerprint density at radius 1 is 0.943 bits per heavy atom. The van der Waals surface area contributed by atoms with E-state index in [2.05, 4.69) is 5.32 Å². The maximum Gasteiger partial charge on any atom is 0.242 e. The molecule has 0 radical (unpaired) electrons. The van der Waals surface area contributed by atoms with Crippen LogP contribution in [0.3, 0.4) is 0 Å². The second kappa shape index (κ2) is 12.7. The van der Waals surface area contributed by atoms with Crippen molar-refractivity contribution in [3.8, 4) is 0 Å². The molecule has 2 amide bonds. The van der Waals surface area contributed by atoms with E-state index in [0.29, 0.717) is 18.7 Å². The van der Waals surface area contributed by atoms with E-state index in [1.54, 1.807) is 24.0 Å². The van der Waals surface area contributed by atoms with Gasteiger partial charge in [0.15, 0.2) is 0 Å². The third-order valence-electron chi connectivity index (χ3n) is 5.86. The Bertz CT molecular complexity index is 1080. The quantitative estimate of drug-likeness (QED) is 0.475. The highest BCUT2D eigenvalue weighted by molar-refractivity contribution is 7.92. The molecule has 2 aromatic rings. The van der Waals surface area contributed by atoms with Crippen LogP contribution in [0.1, 0.15) is 57.2 Å². The maximum absolute atomic E-state index is 13.3. The molecular weight excluding hydrogens is 462 g/mol. The van der Waals surface area contributed by atoms with Gasteiger partial charge in [0, 0.05) is 25.6 Å². The van der Waals surface area contributed by atoms with Crippen LogP contribution in [0.15, 0.2) is 48.5 Å². The predicted molar refractivity (Wildman–Crippen MR) is 142 cm³/mol. The minimum absolute atomic E-state index is 0.0382. The molecule has 0 bridgehead atoms. The van der Waals surface area contributed by atoms with Crippen LogP contribution in [0.2, 0.25) is 0 Å². The van der Waals surface area contributed by atoms with Crippen molar-refractivity contribution in [3.63, 3.8) is 0 Å². The summed E-state index contributed by atoms with van der Waals surface area (Å²) in [5, 5.41) is 2.88. The average molecular weight is 502 g/mol. The van der Waals surface area contributed by atoms with Gasteiger partial charge in [-0.1, -0.05) is 48.9 Å². The van der Waals surface area contributed by atoms with Crippen molar-refractivity contribution < 1.29 is 18.0 Å². The lowest BCUT2D eigenvalue weighted by atomic mass is 10.1. The minimum atomic E-state index is -3.51. The summed E-state index contributed by atoms with van der Waals surface area (Å²) in [6.07, 6.45) is 2.51. The van der Waals surface area contributed by atoms with Crippen molar-refractivity contribution >= 4 is 27.5 Å². The van der Waals surface area contributed by atoms with Gasteiger partial charge in [0.05, 0.1) is 11.9 Å². The summed E-state index contributed by atoms with van der Waals surface area (Å²) in [4.78, 5) is 27.5. The molecule has 2 aromatic carbocycles. The molecular formula is C27H39N3O4S. The van der Waals surface area contributed by atoms with E-state index < -0.39 is 16.1 Å². The molecule has 0 heterocycles. The highest BCUT2D eigenvalue weighted by Crippen LogP contribution is 2.20. The molecule has 0 aliphatic heterocycles. The van der Waals surface area contributed by atoms with Crippen LogP contribution in [-0.2, 0) is 32.6 Å². The maximum atomic E-state index is 13.3. The van der Waals surface area contributed by atoms with Crippen LogP contribution in [-0.4, -0.2) is 50.0 Å². The number of nitrogens with zero attached hydrogens (tertiary/aromatic N) is 2. The van der Waals surface area contributed by atoms with E-state index >= 15 is 0 Å². The van der Waals surface area contributed by atoms with Crippen LogP contribution in [0.25, 0.3) is 0 Å². The summed E-state index contributed by atoms with van der Waals surface area (Å²) >= 11 is 0. The predicted octanol–water partition coefficient (Wildman–Crippen LogP) is 4.05. The first-order valence-electron chi connectivity index (χ1n) is 12.1. The smallest absolute Gasteiger partial charge is 0.242 e. The molecule has 0 saturated heterocycles.